The Balaban J connectivity index is 2.16. The van der Waals surface area contributed by atoms with E-state index in [2.05, 4.69) is 60.7 Å². The van der Waals surface area contributed by atoms with E-state index in [1.165, 1.54) is 7.16 Å². The van der Waals surface area contributed by atoms with Crippen molar-refractivity contribution in [2.75, 3.05) is 0 Å². The van der Waals surface area contributed by atoms with Crippen molar-refractivity contribution in [3.8, 4) is 0 Å². The molecular formula is C12H10Sn-. The molecule has 2 aromatic rings. The number of hydrogen-bond donors (Lipinski definition) is 0. The first kappa shape index (κ1) is 8.82. The van der Waals surface area contributed by atoms with E-state index in [0.717, 1.165) is 0 Å². The minimum absolute atomic E-state index is 0.517. The fourth-order valence-electron chi connectivity index (χ4n) is 1.21. The third kappa shape index (κ3) is 2.59. The second kappa shape index (κ2) is 4.47. The Bertz CT molecular complexity index is 316. The molecule has 1 radical (unpaired) electrons. The standard InChI is InChI=1S/2C6H5.Sn/c2*1-2-4-6-5-3-1;/h2*1-5H;/q;;-1. The molecule has 0 bridgehead atoms. The topological polar surface area (TPSA) is 0 Å². The molecule has 0 atom stereocenters. The first-order valence-corrected chi connectivity index (χ1v) is 7.18. The summed E-state index contributed by atoms with van der Waals surface area (Å²) in [7, 11) is 0. The van der Waals surface area contributed by atoms with E-state index in [-0.39, 0.29) is 0 Å². The zero-order chi connectivity index (χ0) is 8.93. The van der Waals surface area contributed by atoms with Crippen LogP contribution < -0.4 is 7.16 Å². The van der Waals surface area contributed by atoms with E-state index >= 15 is 0 Å². The summed E-state index contributed by atoms with van der Waals surface area (Å²) in [5.41, 5.74) is 0. The molecule has 0 saturated heterocycles. The van der Waals surface area contributed by atoms with Crippen molar-refractivity contribution in [3.63, 3.8) is 0 Å². The van der Waals surface area contributed by atoms with E-state index in [0.29, 0.717) is 0 Å². The van der Waals surface area contributed by atoms with Crippen LogP contribution in [0.2, 0.25) is 0 Å². The summed E-state index contributed by atoms with van der Waals surface area (Å²) < 4.78 is 3.08. The third-order valence-corrected chi connectivity index (χ3v) is 5.39. The van der Waals surface area contributed by atoms with Crippen LogP contribution in [0.5, 0.6) is 0 Å². The van der Waals surface area contributed by atoms with Crippen molar-refractivity contribution in [2.24, 2.45) is 0 Å². The average molecular weight is 273 g/mol. The molecule has 0 heterocycles. The van der Waals surface area contributed by atoms with Crippen molar-refractivity contribution in [2.45, 2.75) is 0 Å². The van der Waals surface area contributed by atoms with Crippen LogP contribution in [-0.4, -0.2) is 21.1 Å². The Morgan fingerprint density at radius 2 is 0.923 bits per heavy atom. The van der Waals surface area contributed by atoms with Crippen LogP contribution in [0.3, 0.4) is 0 Å². The number of benzene rings is 2. The van der Waals surface area contributed by atoms with Gasteiger partial charge in [-0.3, -0.25) is 0 Å². The Kier molecular flexibility index (Phi) is 3.03. The maximum absolute atomic E-state index is 2.24. The van der Waals surface area contributed by atoms with Crippen LogP contribution in [-0.2, 0) is 0 Å². The van der Waals surface area contributed by atoms with E-state index in [1.807, 2.05) is 0 Å². The molecule has 0 aliphatic carbocycles. The summed E-state index contributed by atoms with van der Waals surface area (Å²) >= 11 is -0.517. The molecule has 0 aromatic heterocycles. The molecule has 0 nitrogen and oxygen atoms in total. The number of rotatable bonds is 2. The maximum atomic E-state index is 2.24. The van der Waals surface area contributed by atoms with Gasteiger partial charge in [-0.15, -0.1) is 0 Å². The van der Waals surface area contributed by atoms with Gasteiger partial charge in [0.1, 0.15) is 0 Å². The van der Waals surface area contributed by atoms with Gasteiger partial charge in [-0.25, -0.2) is 0 Å². The van der Waals surface area contributed by atoms with E-state index in [1.54, 1.807) is 0 Å². The summed E-state index contributed by atoms with van der Waals surface area (Å²) in [6, 6.07) is 21.6. The van der Waals surface area contributed by atoms with Gasteiger partial charge in [0.25, 0.3) is 0 Å². The van der Waals surface area contributed by atoms with E-state index in [4.69, 9.17) is 0 Å². The second-order valence-corrected chi connectivity index (χ2v) is 6.87. The first-order valence-electron chi connectivity index (χ1n) is 4.32. The second-order valence-electron chi connectivity index (χ2n) is 2.86. The molecule has 0 unspecified atom stereocenters. The number of hydrogen-bond acceptors (Lipinski definition) is 0. The van der Waals surface area contributed by atoms with Gasteiger partial charge in [-0.05, 0) is 0 Å². The summed E-state index contributed by atoms with van der Waals surface area (Å²) in [6.07, 6.45) is 0. The molecule has 13 heavy (non-hydrogen) atoms. The normalized spacial score (nSPS) is 9.54. The van der Waals surface area contributed by atoms with Crippen LogP contribution >= 0.6 is 0 Å². The molecule has 0 saturated carbocycles. The quantitative estimate of drug-likeness (QED) is 0.724. The van der Waals surface area contributed by atoms with Crippen LogP contribution in [0.25, 0.3) is 0 Å². The van der Waals surface area contributed by atoms with Crippen molar-refractivity contribution in [1.82, 2.24) is 0 Å². The molecule has 2 rings (SSSR count). The van der Waals surface area contributed by atoms with Crippen molar-refractivity contribution >= 4 is 28.3 Å². The van der Waals surface area contributed by atoms with Crippen LogP contribution in [0.1, 0.15) is 0 Å². The van der Waals surface area contributed by atoms with Crippen LogP contribution in [0.15, 0.2) is 60.7 Å². The third-order valence-electron chi connectivity index (χ3n) is 1.84. The predicted octanol–water partition coefficient (Wildman–Crippen LogP) is 1.34. The SMILES string of the molecule is c1cc[c]([Sn-][c]2ccccc2)cc1. The molecule has 0 amide bonds. The molecule has 0 fully saturated rings. The van der Waals surface area contributed by atoms with Crippen molar-refractivity contribution < 1.29 is 0 Å². The predicted molar refractivity (Wildman–Crippen MR) is 57.9 cm³/mol. The molecular weight excluding hydrogens is 263 g/mol. The minimum atomic E-state index is -0.517. The molecule has 0 N–H and O–H groups in total. The van der Waals surface area contributed by atoms with E-state index in [9.17, 15) is 0 Å². The van der Waals surface area contributed by atoms with Gasteiger partial charge >= 0.3 is 89.0 Å². The van der Waals surface area contributed by atoms with Gasteiger partial charge in [0.15, 0.2) is 0 Å². The van der Waals surface area contributed by atoms with Crippen LogP contribution in [0.4, 0.5) is 0 Å². The van der Waals surface area contributed by atoms with Gasteiger partial charge in [0.2, 0.25) is 0 Å². The van der Waals surface area contributed by atoms with Gasteiger partial charge < -0.3 is 0 Å². The van der Waals surface area contributed by atoms with Gasteiger partial charge in [0.05, 0.1) is 0 Å². The van der Waals surface area contributed by atoms with Crippen molar-refractivity contribution in [1.29, 1.82) is 0 Å². The summed E-state index contributed by atoms with van der Waals surface area (Å²) in [6.45, 7) is 0. The Hall–Kier alpha value is -0.761. The molecule has 1 heteroatoms. The Labute approximate surface area is 88.8 Å². The van der Waals surface area contributed by atoms with Crippen molar-refractivity contribution in [3.05, 3.63) is 60.7 Å². The molecule has 63 valence electrons. The van der Waals surface area contributed by atoms with E-state index < -0.39 is 21.1 Å². The van der Waals surface area contributed by atoms with Crippen LogP contribution in [0, 0.1) is 0 Å². The average Bonchev–Trinajstić information content (AvgIpc) is 2.21. The van der Waals surface area contributed by atoms with Gasteiger partial charge in [0, 0.05) is 0 Å². The Morgan fingerprint density at radius 3 is 1.31 bits per heavy atom. The summed E-state index contributed by atoms with van der Waals surface area (Å²) in [5, 5.41) is 0. The van der Waals surface area contributed by atoms with Gasteiger partial charge in [-0.1, -0.05) is 0 Å². The fourth-order valence-corrected chi connectivity index (χ4v) is 4.21. The Morgan fingerprint density at radius 1 is 0.538 bits per heavy atom. The summed E-state index contributed by atoms with van der Waals surface area (Å²) in [5.74, 6) is 0. The molecule has 0 aliphatic heterocycles. The first-order chi connectivity index (χ1) is 6.45. The van der Waals surface area contributed by atoms with Gasteiger partial charge in [-0.2, -0.15) is 0 Å². The zero-order valence-electron chi connectivity index (χ0n) is 7.27. The summed E-state index contributed by atoms with van der Waals surface area (Å²) in [4.78, 5) is 0. The molecule has 2 aromatic carbocycles. The monoisotopic (exact) mass is 274 g/mol. The zero-order valence-corrected chi connectivity index (χ0v) is 10.1. The fraction of sp³-hybridized carbons (Fsp3) is 0. The molecule has 0 aliphatic rings. The molecule has 0 spiro atoms.